The maximum Gasteiger partial charge on any atom is 0.224 e. The lowest BCUT2D eigenvalue weighted by Gasteiger charge is -2.15. The Morgan fingerprint density at radius 3 is 2.78 bits per heavy atom. The lowest BCUT2D eigenvalue weighted by atomic mass is 10.0. The fraction of sp³-hybridized carbons (Fsp3) is 0.571. The number of hydrogen-bond acceptors (Lipinski definition) is 5. The van der Waals surface area contributed by atoms with Gasteiger partial charge in [0.05, 0.1) is 0 Å². The summed E-state index contributed by atoms with van der Waals surface area (Å²) < 4.78 is 5.81. The van der Waals surface area contributed by atoms with Crippen molar-refractivity contribution in [3.8, 4) is 18.1 Å². The number of amides is 1. The minimum absolute atomic E-state index is 0.0378. The largest absolute Gasteiger partial charge is 0.492 e. The van der Waals surface area contributed by atoms with Gasteiger partial charge in [0.15, 0.2) is 5.66 Å². The molecule has 1 saturated heterocycles. The van der Waals surface area contributed by atoms with Gasteiger partial charge in [0.1, 0.15) is 12.4 Å². The Hall–Kier alpha value is -2.39. The highest BCUT2D eigenvalue weighted by Gasteiger charge is 2.39. The van der Waals surface area contributed by atoms with Crippen LogP contribution in [0.4, 0.5) is 5.69 Å². The third kappa shape index (κ3) is 6.07. The molecule has 1 atom stereocenters. The number of rotatable bonds is 10. The van der Waals surface area contributed by atoms with Crippen molar-refractivity contribution >= 4 is 11.6 Å². The normalized spacial score (nSPS) is 20.2. The van der Waals surface area contributed by atoms with E-state index in [0.717, 1.165) is 30.3 Å². The van der Waals surface area contributed by atoms with Crippen LogP contribution in [0.15, 0.2) is 34.5 Å². The molecule has 2 aliphatic heterocycles. The first kappa shape index (κ1) is 19.4. The molecule has 1 aromatic rings. The van der Waals surface area contributed by atoms with Crippen LogP contribution < -0.4 is 10.1 Å². The van der Waals surface area contributed by atoms with E-state index in [1.807, 2.05) is 24.3 Å². The average Bonchev–Trinajstić information content (AvgIpc) is 3.33. The summed E-state index contributed by atoms with van der Waals surface area (Å²) in [7, 11) is 0. The van der Waals surface area contributed by atoms with Crippen LogP contribution >= 0.6 is 0 Å². The zero-order valence-corrected chi connectivity index (χ0v) is 16.0. The highest BCUT2D eigenvalue weighted by molar-refractivity contribution is 5.90. The van der Waals surface area contributed by atoms with Crippen LogP contribution in [0.2, 0.25) is 0 Å². The first-order valence-corrected chi connectivity index (χ1v) is 9.71. The molecule has 1 amide bonds. The van der Waals surface area contributed by atoms with Gasteiger partial charge < -0.3 is 10.1 Å². The van der Waals surface area contributed by atoms with Crippen molar-refractivity contribution < 1.29 is 9.53 Å². The molecule has 0 aliphatic carbocycles. The molecule has 0 radical (unpaired) electrons. The van der Waals surface area contributed by atoms with E-state index in [4.69, 9.17) is 11.2 Å². The monoisotopic (exact) mass is 368 g/mol. The van der Waals surface area contributed by atoms with Crippen LogP contribution in [0, 0.1) is 18.3 Å². The van der Waals surface area contributed by atoms with Gasteiger partial charge >= 0.3 is 0 Å². The van der Waals surface area contributed by atoms with Gasteiger partial charge in [-0.25, -0.2) is 0 Å². The van der Waals surface area contributed by atoms with E-state index in [0.29, 0.717) is 25.9 Å². The Balaban J connectivity index is 1.35. The number of anilines is 1. The van der Waals surface area contributed by atoms with Gasteiger partial charge in [-0.15, -0.1) is 12.3 Å². The Labute approximate surface area is 161 Å². The third-order valence-electron chi connectivity index (χ3n) is 5.13. The minimum atomic E-state index is -0.408. The van der Waals surface area contributed by atoms with E-state index in [9.17, 15) is 4.79 Å². The molecule has 6 nitrogen and oxygen atoms in total. The van der Waals surface area contributed by atoms with E-state index >= 15 is 0 Å². The lowest BCUT2D eigenvalue weighted by molar-refractivity contribution is -0.116. The molecule has 1 unspecified atom stereocenters. The van der Waals surface area contributed by atoms with Crippen molar-refractivity contribution in [1.29, 1.82) is 0 Å². The van der Waals surface area contributed by atoms with Crippen LogP contribution in [0.3, 0.4) is 0 Å². The molecule has 1 fully saturated rings. The standard InChI is InChI=1S/C21H28N4O2/c1-3-4-11-21(23-24-21)12-9-20(26)22-18-5-7-19(8-6-18)27-15-14-25-13-10-17(2)16-25/h1,5-8,17H,4,9-16H2,2H3,(H,22,26). The second-order valence-corrected chi connectivity index (χ2v) is 7.50. The Bertz CT molecular complexity index is 702. The summed E-state index contributed by atoms with van der Waals surface area (Å²) in [6.07, 6.45) is 8.90. The van der Waals surface area contributed by atoms with Gasteiger partial charge in [-0.05, 0) is 43.1 Å². The van der Waals surface area contributed by atoms with Crippen molar-refractivity contribution in [1.82, 2.24) is 4.90 Å². The van der Waals surface area contributed by atoms with Crippen LogP contribution in [0.5, 0.6) is 5.75 Å². The Morgan fingerprint density at radius 1 is 1.37 bits per heavy atom. The smallest absolute Gasteiger partial charge is 0.224 e. The summed E-state index contributed by atoms with van der Waals surface area (Å²) in [5.74, 6) is 4.17. The van der Waals surface area contributed by atoms with Gasteiger partial charge in [0, 0.05) is 44.5 Å². The van der Waals surface area contributed by atoms with Gasteiger partial charge in [-0.3, -0.25) is 9.69 Å². The van der Waals surface area contributed by atoms with Crippen molar-refractivity contribution in [2.24, 2.45) is 16.1 Å². The number of hydrogen-bond donors (Lipinski definition) is 1. The number of nitrogens with zero attached hydrogens (tertiary/aromatic N) is 3. The molecule has 1 aromatic carbocycles. The van der Waals surface area contributed by atoms with Crippen molar-refractivity contribution in [2.75, 3.05) is 31.6 Å². The highest BCUT2D eigenvalue weighted by atomic mass is 16.5. The van der Waals surface area contributed by atoms with E-state index < -0.39 is 5.66 Å². The molecule has 2 aliphatic rings. The molecule has 3 rings (SSSR count). The first-order valence-electron chi connectivity index (χ1n) is 9.71. The first-order chi connectivity index (χ1) is 13.1. The third-order valence-corrected chi connectivity index (χ3v) is 5.13. The molecule has 0 spiro atoms. The Kier molecular flexibility index (Phi) is 6.46. The minimum Gasteiger partial charge on any atom is -0.492 e. The molecule has 0 bridgehead atoms. The molecule has 2 heterocycles. The SMILES string of the molecule is C#CCCC1(CCC(=O)Nc2ccc(OCCN3CCC(C)C3)cc2)N=N1. The maximum absolute atomic E-state index is 12.1. The van der Waals surface area contributed by atoms with Crippen molar-refractivity contribution in [2.45, 2.75) is 44.7 Å². The fourth-order valence-corrected chi connectivity index (χ4v) is 3.36. The molecule has 0 saturated carbocycles. The summed E-state index contributed by atoms with van der Waals surface area (Å²) in [6.45, 7) is 6.27. The summed E-state index contributed by atoms with van der Waals surface area (Å²) >= 11 is 0. The number of nitrogens with one attached hydrogen (secondary N) is 1. The molecular formula is C21H28N4O2. The average molecular weight is 368 g/mol. The number of ether oxygens (including phenoxy) is 1. The number of terminal acetylenes is 1. The molecule has 144 valence electrons. The topological polar surface area (TPSA) is 66.3 Å². The van der Waals surface area contributed by atoms with Crippen molar-refractivity contribution in [3.63, 3.8) is 0 Å². The highest BCUT2D eigenvalue weighted by Crippen LogP contribution is 2.37. The molecular weight excluding hydrogens is 340 g/mol. The van der Waals surface area contributed by atoms with Crippen LogP contribution in [0.25, 0.3) is 0 Å². The molecule has 0 aromatic heterocycles. The number of carbonyl (C=O) groups excluding carboxylic acids is 1. The van der Waals surface area contributed by atoms with E-state index in [1.54, 1.807) is 0 Å². The summed E-state index contributed by atoms with van der Waals surface area (Å²) in [4.78, 5) is 14.6. The predicted molar refractivity (Wildman–Crippen MR) is 106 cm³/mol. The number of likely N-dealkylation sites (tertiary alicyclic amines) is 1. The number of carbonyl (C=O) groups is 1. The summed E-state index contributed by atoms with van der Waals surface area (Å²) in [6, 6.07) is 7.51. The van der Waals surface area contributed by atoms with Crippen LogP contribution in [0.1, 0.15) is 39.0 Å². The second kappa shape index (κ2) is 9.01. The Morgan fingerprint density at radius 2 is 2.15 bits per heavy atom. The maximum atomic E-state index is 12.1. The van der Waals surface area contributed by atoms with Gasteiger partial charge in [-0.2, -0.15) is 10.2 Å². The zero-order chi connectivity index (χ0) is 19.1. The fourth-order valence-electron chi connectivity index (χ4n) is 3.36. The summed E-state index contributed by atoms with van der Waals surface area (Å²) in [5, 5.41) is 11.0. The van der Waals surface area contributed by atoms with Gasteiger partial charge in [-0.1, -0.05) is 6.92 Å². The van der Waals surface area contributed by atoms with Gasteiger partial charge in [0.2, 0.25) is 5.91 Å². The van der Waals surface area contributed by atoms with Crippen LogP contribution in [-0.2, 0) is 4.79 Å². The van der Waals surface area contributed by atoms with E-state index in [1.165, 1.54) is 19.5 Å². The quantitative estimate of drug-likeness (QED) is 0.640. The predicted octanol–water partition coefficient (Wildman–Crippen LogP) is 3.70. The lowest BCUT2D eigenvalue weighted by Crippen LogP contribution is -2.25. The molecule has 27 heavy (non-hydrogen) atoms. The zero-order valence-electron chi connectivity index (χ0n) is 16.0. The molecule has 1 N–H and O–H groups in total. The number of benzene rings is 1. The van der Waals surface area contributed by atoms with Gasteiger partial charge in [0.25, 0.3) is 0 Å². The van der Waals surface area contributed by atoms with E-state index in [2.05, 4.69) is 33.3 Å². The van der Waals surface area contributed by atoms with E-state index in [-0.39, 0.29) is 5.91 Å². The molecule has 6 heteroatoms. The van der Waals surface area contributed by atoms with Crippen molar-refractivity contribution in [3.05, 3.63) is 24.3 Å². The summed E-state index contributed by atoms with van der Waals surface area (Å²) in [5.41, 5.74) is 0.359. The second-order valence-electron chi connectivity index (χ2n) is 7.50. The van der Waals surface area contributed by atoms with Crippen LogP contribution in [-0.4, -0.2) is 42.7 Å².